The molecule has 0 heterocycles. The van der Waals surface area contributed by atoms with E-state index < -0.39 is 18.1 Å². The third-order valence-corrected chi connectivity index (χ3v) is 3.34. The van der Waals surface area contributed by atoms with Crippen LogP contribution in [0.15, 0.2) is 42.5 Å². The van der Waals surface area contributed by atoms with Crippen LogP contribution in [0.1, 0.15) is 16.7 Å². The molecule has 0 spiro atoms. The number of hydrogen-bond acceptors (Lipinski definition) is 3. The lowest BCUT2D eigenvalue weighted by Gasteiger charge is -2.08. The van der Waals surface area contributed by atoms with E-state index in [9.17, 15) is 26.3 Å². The van der Waals surface area contributed by atoms with Gasteiger partial charge in [0.25, 0.3) is 0 Å². The van der Waals surface area contributed by atoms with E-state index >= 15 is 0 Å². The SMILES string of the molecule is NCc1ccc(C(F)(F)F)cc1Cl.NCc1ccc(OC(F)(F)F)cc1. The fraction of sp³-hybridized carbons (Fsp3) is 0.250. The van der Waals surface area contributed by atoms with Gasteiger partial charge < -0.3 is 16.2 Å². The summed E-state index contributed by atoms with van der Waals surface area (Å²) < 4.78 is 75.0. The van der Waals surface area contributed by atoms with Gasteiger partial charge >= 0.3 is 12.5 Å². The predicted molar refractivity (Wildman–Crippen MR) is 85.4 cm³/mol. The van der Waals surface area contributed by atoms with Gasteiger partial charge in [-0.3, -0.25) is 0 Å². The third-order valence-electron chi connectivity index (χ3n) is 2.99. The van der Waals surface area contributed by atoms with Crippen molar-refractivity contribution < 1.29 is 31.1 Å². The first kappa shape index (κ1) is 22.1. The lowest BCUT2D eigenvalue weighted by molar-refractivity contribution is -0.274. The van der Waals surface area contributed by atoms with Crippen molar-refractivity contribution in [2.24, 2.45) is 11.5 Å². The topological polar surface area (TPSA) is 61.3 Å². The van der Waals surface area contributed by atoms with E-state index in [-0.39, 0.29) is 17.3 Å². The Morgan fingerprint density at radius 2 is 1.42 bits per heavy atom. The molecule has 0 radical (unpaired) electrons. The molecule has 0 unspecified atom stereocenters. The van der Waals surface area contributed by atoms with Crippen LogP contribution in [0.4, 0.5) is 26.3 Å². The van der Waals surface area contributed by atoms with Crippen LogP contribution in [-0.4, -0.2) is 6.36 Å². The summed E-state index contributed by atoms with van der Waals surface area (Å²) in [6.45, 7) is 0.434. The second-order valence-corrected chi connectivity index (χ2v) is 5.31. The van der Waals surface area contributed by atoms with Crippen molar-refractivity contribution >= 4 is 11.6 Å². The molecule has 4 N–H and O–H groups in total. The van der Waals surface area contributed by atoms with Gasteiger partial charge in [-0.05, 0) is 35.4 Å². The van der Waals surface area contributed by atoms with Crippen molar-refractivity contribution in [3.8, 4) is 5.75 Å². The fourth-order valence-electron chi connectivity index (χ4n) is 1.72. The molecule has 0 atom stereocenters. The summed E-state index contributed by atoms with van der Waals surface area (Å²) >= 11 is 5.56. The van der Waals surface area contributed by atoms with Crippen LogP contribution in [0, 0.1) is 0 Å². The molecule has 0 aliphatic carbocycles. The summed E-state index contributed by atoms with van der Waals surface area (Å²) in [6.07, 6.45) is -8.99. The number of halogens is 7. The second-order valence-electron chi connectivity index (χ2n) is 4.90. The van der Waals surface area contributed by atoms with Gasteiger partial charge in [0.2, 0.25) is 0 Å². The molecule has 0 aliphatic rings. The Morgan fingerprint density at radius 3 is 1.81 bits per heavy atom. The van der Waals surface area contributed by atoms with Gasteiger partial charge in [-0.2, -0.15) is 13.2 Å². The Kier molecular flexibility index (Phi) is 7.73. The van der Waals surface area contributed by atoms with E-state index in [0.717, 1.165) is 17.7 Å². The van der Waals surface area contributed by atoms with Crippen LogP contribution < -0.4 is 16.2 Å². The van der Waals surface area contributed by atoms with E-state index in [4.69, 9.17) is 23.1 Å². The van der Waals surface area contributed by atoms with E-state index in [1.54, 1.807) is 0 Å². The summed E-state index contributed by atoms with van der Waals surface area (Å²) in [7, 11) is 0. The molecule has 0 saturated heterocycles. The van der Waals surface area contributed by atoms with Crippen molar-refractivity contribution in [3.63, 3.8) is 0 Å². The monoisotopic (exact) mass is 400 g/mol. The summed E-state index contributed by atoms with van der Waals surface area (Å²) in [5.41, 5.74) is 11.0. The largest absolute Gasteiger partial charge is 0.573 e. The van der Waals surface area contributed by atoms with Crippen LogP contribution in [0.5, 0.6) is 5.75 Å². The molecule has 144 valence electrons. The molecular weight excluding hydrogens is 386 g/mol. The van der Waals surface area contributed by atoms with Gasteiger partial charge in [-0.15, -0.1) is 13.2 Å². The van der Waals surface area contributed by atoms with Crippen LogP contribution in [0.3, 0.4) is 0 Å². The minimum atomic E-state index is -4.63. The van der Waals surface area contributed by atoms with E-state index in [1.807, 2.05) is 0 Å². The van der Waals surface area contributed by atoms with Crippen molar-refractivity contribution in [2.45, 2.75) is 25.6 Å². The molecule has 2 aromatic carbocycles. The Morgan fingerprint density at radius 1 is 0.846 bits per heavy atom. The number of alkyl halides is 6. The van der Waals surface area contributed by atoms with Crippen molar-refractivity contribution in [1.29, 1.82) is 0 Å². The highest BCUT2D eigenvalue weighted by atomic mass is 35.5. The molecule has 0 bridgehead atoms. The molecule has 0 fully saturated rings. The Hall–Kier alpha value is -1.97. The molecule has 26 heavy (non-hydrogen) atoms. The smallest absolute Gasteiger partial charge is 0.406 e. The summed E-state index contributed by atoms with van der Waals surface area (Å²) in [6, 6.07) is 8.57. The maximum atomic E-state index is 12.1. The molecule has 0 aromatic heterocycles. The van der Waals surface area contributed by atoms with Gasteiger partial charge in [-0.1, -0.05) is 29.8 Å². The maximum Gasteiger partial charge on any atom is 0.573 e. The quantitative estimate of drug-likeness (QED) is 0.723. The fourth-order valence-corrected chi connectivity index (χ4v) is 1.97. The Labute approximate surface area is 150 Å². The first-order valence-corrected chi connectivity index (χ1v) is 7.44. The van der Waals surface area contributed by atoms with Gasteiger partial charge in [0, 0.05) is 18.1 Å². The Balaban J connectivity index is 0.000000260. The zero-order chi connectivity index (χ0) is 20.0. The predicted octanol–water partition coefficient (Wildman–Crippen LogP) is 4.86. The molecule has 0 aliphatic heterocycles. The number of hydrogen-bond donors (Lipinski definition) is 2. The minimum Gasteiger partial charge on any atom is -0.406 e. The van der Waals surface area contributed by atoms with Crippen LogP contribution in [-0.2, 0) is 19.3 Å². The number of rotatable bonds is 3. The molecule has 10 heteroatoms. The molecule has 0 amide bonds. The highest BCUT2D eigenvalue weighted by Crippen LogP contribution is 2.31. The second kappa shape index (κ2) is 9.11. The summed E-state index contributed by atoms with van der Waals surface area (Å²) in [5.74, 6) is -0.232. The maximum absolute atomic E-state index is 12.1. The van der Waals surface area contributed by atoms with Crippen LogP contribution >= 0.6 is 11.6 Å². The average molecular weight is 401 g/mol. The standard InChI is InChI=1S/C8H7ClF3N.C8H8F3NO/c9-7-3-6(8(10,11)12)2-1-5(7)4-13;9-8(10,11)13-7-3-1-6(5-12)2-4-7/h1-3H,4,13H2;1-4H,5,12H2. The van der Waals surface area contributed by atoms with E-state index in [0.29, 0.717) is 12.1 Å². The number of ether oxygens (including phenoxy) is 1. The lowest BCUT2D eigenvalue weighted by Crippen LogP contribution is -2.17. The van der Waals surface area contributed by atoms with Gasteiger partial charge in [-0.25, -0.2) is 0 Å². The Bertz CT molecular complexity index is 701. The van der Waals surface area contributed by atoms with Crippen LogP contribution in [0.2, 0.25) is 5.02 Å². The van der Waals surface area contributed by atoms with Crippen molar-refractivity contribution in [2.75, 3.05) is 0 Å². The highest BCUT2D eigenvalue weighted by Gasteiger charge is 2.31. The van der Waals surface area contributed by atoms with Gasteiger partial charge in [0.1, 0.15) is 5.75 Å². The summed E-state index contributed by atoms with van der Waals surface area (Å²) in [4.78, 5) is 0. The molecule has 3 nitrogen and oxygen atoms in total. The molecule has 0 saturated carbocycles. The van der Waals surface area contributed by atoms with Crippen molar-refractivity contribution in [1.82, 2.24) is 0 Å². The highest BCUT2D eigenvalue weighted by molar-refractivity contribution is 6.31. The third kappa shape index (κ3) is 7.51. The van der Waals surface area contributed by atoms with Crippen molar-refractivity contribution in [3.05, 3.63) is 64.2 Å². The normalized spacial score (nSPS) is 11.6. The first-order chi connectivity index (χ1) is 12.0. The lowest BCUT2D eigenvalue weighted by atomic mass is 10.1. The summed E-state index contributed by atoms with van der Waals surface area (Å²) in [5, 5.41) is 0.0531. The minimum absolute atomic E-state index is 0.0531. The molecule has 2 rings (SSSR count). The van der Waals surface area contributed by atoms with Crippen LogP contribution in [0.25, 0.3) is 0 Å². The first-order valence-electron chi connectivity index (χ1n) is 7.06. The van der Waals surface area contributed by atoms with Gasteiger partial charge in [0.15, 0.2) is 0 Å². The van der Waals surface area contributed by atoms with E-state index in [1.165, 1.54) is 30.3 Å². The molecular formula is C16H15ClF6N2O. The zero-order valence-electron chi connectivity index (χ0n) is 13.2. The number of nitrogens with two attached hydrogens (primary N) is 2. The van der Waals surface area contributed by atoms with Gasteiger partial charge in [0.05, 0.1) is 5.56 Å². The number of benzene rings is 2. The zero-order valence-corrected chi connectivity index (χ0v) is 13.9. The average Bonchev–Trinajstić information content (AvgIpc) is 2.54. The molecule has 2 aromatic rings. The van der Waals surface area contributed by atoms with E-state index in [2.05, 4.69) is 4.74 Å².